The fraction of sp³-hybridized carbons (Fsp3) is 0.190. The molecule has 4 rings (SSSR count). The number of methoxy groups -OCH3 is 1. The summed E-state index contributed by atoms with van der Waals surface area (Å²) in [6.45, 7) is 1.91. The van der Waals surface area contributed by atoms with Crippen LogP contribution in [0.1, 0.15) is 28.3 Å². The van der Waals surface area contributed by atoms with Gasteiger partial charge in [0, 0.05) is 22.6 Å². The number of rotatable bonds is 4. The van der Waals surface area contributed by atoms with E-state index in [1.165, 1.54) is 11.3 Å². The summed E-state index contributed by atoms with van der Waals surface area (Å²) in [4.78, 5) is 13.6. The molecule has 0 spiro atoms. The quantitative estimate of drug-likeness (QED) is 0.689. The van der Waals surface area contributed by atoms with E-state index >= 15 is 0 Å². The first-order valence-corrected chi connectivity index (χ1v) is 11.1. The number of benzene rings is 2. The number of thiophene rings is 1. The molecule has 0 unspecified atom stereocenters. The number of hydrogen-bond donors (Lipinski definition) is 1. The lowest BCUT2D eigenvalue weighted by Gasteiger charge is -2.24. The third kappa shape index (κ3) is 3.21. The highest BCUT2D eigenvalue weighted by atomic mass is 32.2. The third-order valence-corrected chi connectivity index (χ3v) is 7.93. The lowest BCUT2D eigenvalue weighted by atomic mass is 9.91. The molecule has 3 aromatic rings. The summed E-state index contributed by atoms with van der Waals surface area (Å²) in [5, 5.41) is 4.41. The van der Waals surface area contributed by atoms with Gasteiger partial charge < -0.3 is 10.1 Å². The van der Waals surface area contributed by atoms with Crippen LogP contribution in [0.5, 0.6) is 5.75 Å². The van der Waals surface area contributed by atoms with E-state index < -0.39 is 9.84 Å². The van der Waals surface area contributed by atoms with E-state index in [-0.39, 0.29) is 28.0 Å². The maximum Gasteiger partial charge on any atom is 0.225 e. The van der Waals surface area contributed by atoms with Crippen LogP contribution in [-0.2, 0) is 14.6 Å². The van der Waals surface area contributed by atoms with Crippen molar-refractivity contribution in [3.05, 3.63) is 69.9 Å². The van der Waals surface area contributed by atoms with Crippen molar-refractivity contribution >= 4 is 32.8 Å². The van der Waals surface area contributed by atoms with Gasteiger partial charge >= 0.3 is 0 Å². The molecular weight excluding hydrogens is 394 g/mol. The van der Waals surface area contributed by atoms with Gasteiger partial charge in [0.2, 0.25) is 15.7 Å². The summed E-state index contributed by atoms with van der Waals surface area (Å²) in [5.41, 5.74) is 2.35. The van der Waals surface area contributed by atoms with Crippen LogP contribution in [0, 0.1) is 6.92 Å². The van der Waals surface area contributed by atoms with Gasteiger partial charge in [-0.1, -0.05) is 29.8 Å². The molecule has 0 saturated carbocycles. The zero-order valence-electron chi connectivity index (χ0n) is 15.4. The van der Waals surface area contributed by atoms with Crippen LogP contribution in [-0.4, -0.2) is 21.4 Å². The fourth-order valence-electron chi connectivity index (χ4n) is 3.35. The van der Waals surface area contributed by atoms with Crippen molar-refractivity contribution in [1.29, 1.82) is 0 Å². The number of sulfone groups is 1. The number of fused-ring (bicyclic) bond motifs is 1. The molecule has 144 valence electrons. The van der Waals surface area contributed by atoms with Crippen LogP contribution in [0.25, 0.3) is 0 Å². The molecule has 5 nitrogen and oxygen atoms in total. The Balaban J connectivity index is 1.79. The summed E-state index contributed by atoms with van der Waals surface area (Å²) < 4.78 is 31.5. The van der Waals surface area contributed by atoms with Gasteiger partial charge in [0.15, 0.2) is 0 Å². The first-order chi connectivity index (χ1) is 13.4. The predicted octanol–water partition coefficient (Wildman–Crippen LogP) is 4.37. The molecular formula is C21H19NO4S2. The number of nitrogens with one attached hydrogen (secondary N) is 1. The number of hydrogen-bond acceptors (Lipinski definition) is 5. The molecule has 1 aliphatic rings. The summed E-state index contributed by atoms with van der Waals surface area (Å²) in [7, 11) is -2.12. The molecule has 1 N–H and O–H groups in total. The minimum Gasteiger partial charge on any atom is -0.497 e. The molecule has 1 amide bonds. The lowest BCUT2D eigenvalue weighted by molar-refractivity contribution is -0.116. The topological polar surface area (TPSA) is 72.5 Å². The van der Waals surface area contributed by atoms with E-state index in [0.717, 1.165) is 21.8 Å². The van der Waals surface area contributed by atoms with Gasteiger partial charge in [0.1, 0.15) is 10.6 Å². The number of carbonyl (C=O) groups excluding carboxylic acids is 1. The summed E-state index contributed by atoms with van der Waals surface area (Å²) in [5.74, 6) is 0.367. The molecule has 1 aromatic heterocycles. The standard InChI is InChI=1S/C21H19NO4S2/c1-13-3-9-16(10-4-13)28(24,25)18-12-27-21-17(11-19(23)22-20(18)21)14-5-7-15(26-2)8-6-14/h3-10,12,17H,11H2,1-2H3,(H,22,23)/t17-/m1/s1. The summed E-state index contributed by atoms with van der Waals surface area (Å²) >= 11 is 1.37. The van der Waals surface area contributed by atoms with Crippen LogP contribution in [0.3, 0.4) is 0 Å². The fourth-order valence-corrected chi connectivity index (χ4v) is 6.26. The second-order valence-electron chi connectivity index (χ2n) is 6.73. The second-order valence-corrected chi connectivity index (χ2v) is 9.56. The molecule has 28 heavy (non-hydrogen) atoms. The van der Waals surface area contributed by atoms with Crippen molar-refractivity contribution in [3.63, 3.8) is 0 Å². The molecule has 1 aliphatic heterocycles. The van der Waals surface area contributed by atoms with Crippen molar-refractivity contribution in [2.24, 2.45) is 0 Å². The highest BCUT2D eigenvalue weighted by molar-refractivity contribution is 7.91. The number of aryl methyl sites for hydroxylation is 1. The van der Waals surface area contributed by atoms with E-state index in [2.05, 4.69) is 5.32 Å². The van der Waals surface area contributed by atoms with Gasteiger partial charge in [-0.3, -0.25) is 4.79 Å². The lowest BCUT2D eigenvalue weighted by Crippen LogP contribution is -2.23. The van der Waals surface area contributed by atoms with E-state index in [0.29, 0.717) is 5.69 Å². The molecule has 0 bridgehead atoms. The molecule has 0 saturated heterocycles. The highest BCUT2D eigenvalue weighted by Gasteiger charge is 2.34. The number of carbonyl (C=O) groups is 1. The van der Waals surface area contributed by atoms with Crippen molar-refractivity contribution in [2.45, 2.75) is 29.1 Å². The highest BCUT2D eigenvalue weighted by Crippen LogP contribution is 2.46. The third-order valence-electron chi connectivity index (χ3n) is 4.90. The van der Waals surface area contributed by atoms with Gasteiger partial charge in [-0.25, -0.2) is 8.42 Å². The number of anilines is 1. The SMILES string of the molecule is COc1ccc([C@H]2CC(=O)Nc3c(S(=O)(=O)c4ccc(C)cc4)csc32)cc1. The Kier molecular flexibility index (Phi) is 4.72. The van der Waals surface area contributed by atoms with Crippen LogP contribution < -0.4 is 10.1 Å². The van der Waals surface area contributed by atoms with Crippen LogP contribution in [0.2, 0.25) is 0 Å². The molecule has 0 fully saturated rings. The van der Waals surface area contributed by atoms with E-state index in [4.69, 9.17) is 4.74 Å². The molecule has 0 aliphatic carbocycles. The monoisotopic (exact) mass is 413 g/mol. The minimum atomic E-state index is -3.72. The molecule has 2 aromatic carbocycles. The second kappa shape index (κ2) is 7.07. The van der Waals surface area contributed by atoms with Gasteiger partial charge in [0.25, 0.3) is 0 Å². The largest absolute Gasteiger partial charge is 0.497 e. The van der Waals surface area contributed by atoms with Crippen LogP contribution in [0.4, 0.5) is 5.69 Å². The summed E-state index contributed by atoms with van der Waals surface area (Å²) in [6, 6.07) is 14.3. The zero-order valence-corrected chi connectivity index (χ0v) is 17.1. The maximum absolute atomic E-state index is 13.2. The first-order valence-electron chi connectivity index (χ1n) is 8.77. The molecule has 7 heteroatoms. The Morgan fingerprint density at radius 2 is 1.75 bits per heavy atom. The van der Waals surface area contributed by atoms with E-state index in [9.17, 15) is 13.2 Å². The Hall–Kier alpha value is -2.64. The van der Waals surface area contributed by atoms with Gasteiger partial charge in [0.05, 0.1) is 17.7 Å². The van der Waals surface area contributed by atoms with Crippen molar-refractivity contribution < 1.29 is 17.9 Å². The molecule has 0 radical (unpaired) electrons. The predicted molar refractivity (Wildman–Crippen MR) is 109 cm³/mol. The average Bonchev–Trinajstić information content (AvgIpc) is 3.12. The summed E-state index contributed by atoms with van der Waals surface area (Å²) in [6.07, 6.45) is 0.282. The Morgan fingerprint density at radius 1 is 1.07 bits per heavy atom. The van der Waals surface area contributed by atoms with Crippen LogP contribution in [0.15, 0.2) is 63.7 Å². The van der Waals surface area contributed by atoms with Crippen molar-refractivity contribution in [2.75, 3.05) is 12.4 Å². The average molecular weight is 414 g/mol. The van der Waals surface area contributed by atoms with Crippen molar-refractivity contribution in [3.8, 4) is 5.75 Å². The Morgan fingerprint density at radius 3 is 2.39 bits per heavy atom. The first kappa shape index (κ1) is 18.7. The smallest absolute Gasteiger partial charge is 0.225 e. The molecule has 2 heterocycles. The normalized spacial score (nSPS) is 16.4. The van der Waals surface area contributed by atoms with Gasteiger partial charge in [-0.2, -0.15) is 0 Å². The van der Waals surface area contributed by atoms with Gasteiger partial charge in [-0.05, 0) is 36.8 Å². The number of amides is 1. The zero-order chi connectivity index (χ0) is 19.9. The van der Waals surface area contributed by atoms with E-state index in [1.807, 2.05) is 31.2 Å². The molecule has 1 atom stereocenters. The minimum absolute atomic E-state index is 0.155. The van der Waals surface area contributed by atoms with Gasteiger partial charge in [-0.15, -0.1) is 11.3 Å². The van der Waals surface area contributed by atoms with E-state index in [1.54, 1.807) is 36.8 Å². The maximum atomic E-state index is 13.2. The van der Waals surface area contributed by atoms with Crippen molar-refractivity contribution in [1.82, 2.24) is 0 Å². The Bertz CT molecular complexity index is 1130. The Labute approximate surface area is 167 Å². The van der Waals surface area contributed by atoms with Crippen LogP contribution >= 0.6 is 11.3 Å². The number of ether oxygens (including phenoxy) is 1.